The van der Waals surface area contributed by atoms with Gasteiger partial charge in [-0.15, -0.1) is 0 Å². The minimum Gasteiger partial charge on any atom is -0.504 e. The normalized spacial score (nSPS) is 10.3. The van der Waals surface area contributed by atoms with Gasteiger partial charge in [-0.05, 0) is 32.9 Å². The second kappa shape index (κ2) is 4.74. The van der Waals surface area contributed by atoms with Crippen molar-refractivity contribution >= 4 is 0 Å². The van der Waals surface area contributed by atoms with Crippen LogP contribution >= 0.6 is 0 Å². The fraction of sp³-hybridized carbons (Fsp3) is 0.455. The van der Waals surface area contributed by atoms with E-state index < -0.39 is 0 Å². The first kappa shape index (κ1) is 10.7. The highest BCUT2D eigenvalue weighted by molar-refractivity contribution is 5.44. The lowest BCUT2D eigenvalue weighted by atomic mass is 10.3. The summed E-state index contributed by atoms with van der Waals surface area (Å²) in [6, 6.07) is 4.98. The van der Waals surface area contributed by atoms with Crippen molar-refractivity contribution in [1.82, 2.24) is 0 Å². The maximum absolute atomic E-state index is 9.47. The second-order valence-corrected chi connectivity index (χ2v) is 3.23. The highest BCUT2D eigenvalue weighted by Crippen LogP contribution is 2.30. The number of phenolic OH excluding ortho intramolecular Hbond substituents is 1. The summed E-state index contributed by atoms with van der Waals surface area (Å²) in [6.45, 7) is 6.33. The van der Waals surface area contributed by atoms with Crippen molar-refractivity contribution in [2.45, 2.75) is 26.9 Å². The zero-order valence-corrected chi connectivity index (χ0v) is 8.78. The molecule has 0 aromatic heterocycles. The summed E-state index contributed by atoms with van der Waals surface area (Å²) in [5, 5.41) is 9.47. The monoisotopic (exact) mass is 196 g/mol. The van der Waals surface area contributed by atoms with E-state index in [1.54, 1.807) is 18.2 Å². The van der Waals surface area contributed by atoms with Gasteiger partial charge in [0.15, 0.2) is 11.5 Å². The zero-order valence-electron chi connectivity index (χ0n) is 8.78. The van der Waals surface area contributed by atoms with Crippen LogP contribution in [0.4, 0.5) is 0 Å². The molecule has 0 heterocycles. The molecule has 0 spiro atoms. The Kier molecular flexibility index (Phi) is 3.63. The molecule has 78 valence electrons. The van der Waals surface area contributed by atoms with Crippen molar-refractivity contribution in [3.63, 3.8) is 0 Å². The number of benzene rings is 1. The summed E-state index contributed by atoms with van der Waals surface area (Å²) in [5.74, 6) is 1.31. The van der Waals surface area contributed by atoms with Gasteiger partial charge >= 0.3 is 0 Å². The minimum absolute atomic E-state index is 0.0396. The van der Waals surface area contributed by atoms with Crippen molar-refractivity contribution in [3.8, 4) is 17.2 Å². The molecule has 1 rings (SSSR count). The van der Waals surface area contributed by atoms with Crippen LogP contribution in [-0.2, 0) is 0 Å². The summed E-state index contributed by atoms with van der Waals surface area (Å²) < 4.78 is 10.7. The molecule has 1 aromatic rings. The number of ether oxygens (including phenoxy) is 2. The number of hydrogen-bond acceptors (Lipinski definition) is 3. The molecule has 0 aliphatic carbocycles. The molecule has 1 aromatic carbocycles. The Morgan fingerprint density at radius 3 is 2.64 bits per heavy atom. The van der Waals surface area contributed by atoms with Gasteiger partial charge in [0.25, 0.3) is 0 Å². The lowest BCUT2D eigenvalue weighted by molar-refractivity contribution is 0.230. The van der Waals surface area contributed by atoms with E-state index in [0.29, 0.717) is 18.1 Å². The first-order valence-electron chi connectivity index (χ1n) is 4.76. The van der Waals surface area contributed by atoms with Crippen LogP contribution in [0.15, 0.2) is 18.2 Å². The van der Waals surface area contributed by atoms with Crippen LogP contribution in [0.3, 0.4) is 0 Å². The van der Waals surface area contributed by atoms with Crippen LogP contribution in [0.1, 0.15) is 20.8 Å². The second-order valence-electron chi connectivity index (χ2n) is 3.23. The fourth-order valence-electron chi connectivity index (χ4n) is 1.10. The van der Waals surface area contributed by atoms with Crippen molar-refractivity contribution in [3.05, 3.63) is 18.2 Å². The predicted molar refractivity (Wildman–Crippen MR) is 55.0 cm³/mol. The van der Waals surface area contributed by atoms with Crippen molar-refractivity contribution < 1.29 is 14.6 Å². The van der Waals surface area contributed by atoms with Gasteiger partial charge in [0.1, 0.15) is 5.75 Å². The molecule has 0 radical (unpaired) electrons. The Labute approximate surface area is 84.3 Å². The van der Waals surface area contributed by atoms with Gasteiger partial charge in [0.05, 0.1) is 12.7 Å². The highest BCUT2D eigenvalue weighted by atomic mass is 16.5. The fourth-order valence-corrected chi connectivity index (χ4v) is 1.10. The van der Waals surface area contributed by atoms with Gasteiger partial charge in [-0.3, -0.25) is 0 Å². The van der Waals surface area contributed by atoms with Crippen LogP contribution in [-0.4, -0.2) is 17.8 Å². The standard InChI is InChI=1S/C11H16O3/c1-4-13-9-5-6-10(12)11(7-9)14-8(2)3/h5-8,12H,4H2,1-3H3. The molecule has 3 nitrogen and oxygen atoms in total. The Morgan fingerprint density at radius 2 is 2.07 bits per heavy atom. The van der Waals surface area contributed by atoms with Gasteiger partial charge in [0, 0.05) is 6.07 Å². The number of phenols is 1. The molecule has 0 bridgehead atoms. The molecule has 0 fully saturated rings. The molecule has 0 atom stereocenters. The largest absolute Gasteiger partial charge is 0.504 e. The molecule has 0 amide bonds. The summed E-state index contributed by atoms with van der Waals surface area (Å²) in [7, 11) is 0. The molecule has 1 N–H and O–H groups in total. The van der Waals surface area contributed by atoms with Crippen LogP contribution in [0, 0.1) is 0 Å². The van der Waals surface area contributed by atoms with E-state index in [-0.39, 0.29) is 11.9 Å². The van der Waals surface area contributed by atoms with Gasteiger partial charge in [-0.25, -0.2) is 0 Å². The lowest BCUT2D eigenvalue weighted by Crippen LogP contribution is -2.05. The van der Waals surface area contributed by atoms with Crippen LogP contribution in [0.2, 0.25) is 0 Å². The number of hydrogen-bond donors (Lipinski definition) is 1. The Morgan fingerprint density at radius 1 is 1.36 bits per heavy atom. The third-order valence-electron chi connectivity index (χ3n) is 1.60. The van der Waals surface area contributed by atoms with E-state index in [1.807, 2.05) is 20.8 Å². The van der Waals surface area contributed by atoms with E-state index in [0.717, 1.165) is 0 Å². The van der Waals surface area contributed by atoms with Gasteiger partial charge in [-0.1, -0.05) is 0 Å². The van der Waals surface area contributed by atoms with E-state index in [4.69, 9.17) is 9.47 Å². The number of rotatable bonds is 4. The first-order valence-corrected chi connectivity index (χ1v) is 4.76. The predicted octanol–water partition coefficient (Wildman–Crippen LogP) is 2.58. The molecular formula is C11H16O3. The molecule has 0 saturated carbocycles. The molecule has 0 aliphatic heterocycles. The topological polar surface area (TPSA) is 38.7 Å². The molecular weight excluding hydrogens is 180 g/mol. The van der Waals surface area contributed by atoms with E-state index in [9.17, 15) is 5.11 Å². The van der Waals surface area contributed by atoms with Gasteiger partial charge in [0.2, 0.25) is 0 Å². The Bertz CT molecular complexity index is 295. The van der Waals surface area contributed by atoms with E-state index in [1.165, 1.54) is 0 Å². The number of aromatic hydroxyl groups is 1. The third-order valence-corrected chi connectivity index (χ3v) is 1.60. The first-order chi connectivity index (χ1) is 6.63. The highest BCUT2D eigenvalue weighted by Gasteiger charge is 2.06. The van der Waals surface area contributed by atoms with Gasteiger partial charge < -0.3 is 14.6 Å². The molecule has 0 unspecified atom stereocenters. The van der Waals surface area contributed by atoms with Crippen molar-refractivity contribution in [1.29, 1.82) is 0 Å². The van der Waals surface area contributed by atoms with Crippen LogP contribution in [0.5, 0.6) is 17.2 Å². The lowest BCUT2D eigenvalue weighted by Gasteiger charge is -2.12. The van der Waals surface area contributed by atoms with Gasteiger partial charge in [-0.2, -0.15) is 0 Å². The summed E-state index contributed by atoms with van der Waals surface area (Å²) in [5.41, 5.74) is 0. The van der Waals surface area contributed by atoms with E-state index in [2.05, 4.69) is 0 Å². The maximum Gasteiger partial charge on any atom is 0.164 e. The van der Waals surface area contributed by atoms with Crippen LogP contribution in [0.25, 0.3) is 0 Å². The van der Waals surface area contributed by atoms with Crippen LogP contribution < -0.4 is 9.47 Å². The molecule has 0 aliphatic rings. The summed E-state index contributed by atoms with van der Waals surface area (Å²) in [4.78, 5) is 0. The molecule has 14 heavy (non-hydrogen) atoms. The Hall–Kier alpha value is -1.38. The zero-order chi connectivity index (χ0) is 10.6. The SMILES string of the molecule is CCOc1ccc(O)c(OC(C)C)c1. The van der Waals surface area contributed by atoms with Crippen molar-refractivity contribution in [2.75, 3.05) is 6.61 Å². The van der Waals surface area contributed by atoms with Crippen molar-refractivity contribution in [2.24, 2.45) is 0 Å². The Balaban J connectivity index is 2.84. The average Bonchev–Trinajstić information content (AvgIpc) is 2.10. The average molecular weight is 196 g/mol. The third kappa shape index (κ3) is 2.83. The smallest absolute Gasteiger partial charge is 0.164 e. The molecule has 3 heteroatoms. The van der Waals surface area contributed by atoms with E-state index >= 15 is 0 Å². The quantitative estimate of drug-likeness (QED) is 0.804. The summed E-state index contributed by atoms with van der Waals surface area (Å²) >= 11 is 0. The minimum atomic E-state index is 0.0396. The molecule has 0 saturated heterocycles. The maximum atomic E-state index is 9.47. The summed E-state index contributed by atoms with van der Waals surface area (Å²) in [6.07, 6.45) is 0.0396.